The third-order valence-corrected chi connectivity index (χ3v) is 4.18. The molecule has 94 valence electrons. The van der Waals surface area contributed by atoms with Crippen molar-refractivity contribution >= 4 is 15.9 Å². The summed E-state index contributed by atoms with van der Waals surface area (Å²) in [6.45, 7) is 0.851. The smallest absolute Gasteiger partial charge is 0.301 e. The molecule has 7 heteroatoms. The molecule has 1 heterocycles. The van der Waals surface area contributed by atoms with Crippen LogP contribution in [0.15, 0.2) is 24.3 Å². The van der Waals surface area contributed by atoms with Crippen LogP contribution in [0, 0.1) is 11.7 Å². The molecule has 17 heavy (non-hydrogen) atoms. The highest BCUT2D eigenvalue weighted by molar-refractivity contribution is 7.90. The minimum absolute atomic E-state index is 0.0156. The first-order chi connectivity index (χ1) is 8.04. The van der Waals surface area contributed by atoms with Crippen molar-refractivity contribution < 1.29 is 12.8 Å². The maximum atomic E-state index is 13.6. The van der Waals surface area contributed by atoms with E-state index in [9.17, 15) is 12.8 Å². The Labute approximate surface area is 99.6 Å². The molecule has 1 aliphatic rings. The average Bonchev–Trinajstić information content (AvgIpc) is 2.30. The van der Waals surface area contributed by atoms with Crippen molar-refractivity contribution in [3.8, 4) is 0 Å². The summed E-state index contributed by atoms with van der Waals surface area (Å²) in [6, 6.07) is 5.79. The molecule has 1 aliphatic heterocycles. The summed E-state index contributed by atoms with van der Waals surface area (Å²) >= 11 is 0. The molecule has 0 aliphatic carbocycles. The lowest BCUT2D eigenvalue weighted by Gasteiger charge is -2.33. The predicted molar refractivity (Wildman–Crippen MR) is 63.2 cm³/mol. The maximum absolute atomic E-state index is 13.6. The Morgan fingerprint density at radius 3 is 2.82 bits per heavy atom. The van der Waals surface area contributed by atoms with Crippen LogP contribution in [-0.4, -0.2) is 28.1 Å². The third kappa shape index (κ3) is 2.41. The molecule has 1 fully saturated rings. The van der Waals surface area contributed by atoms with E-state index in [0.29, 0.717) is 13.1 Å². The zero-order valence-corrected chi connectivity index (χ0v) is 9.95. The van der Waals surface area contributed by atoms with E-state index in [1.165, 1.54) is 18.2 Å². The summed E-state index contributed by atoms with van der Waals surface area (Å²) in [5, 5.41) is 0. The van der Waals surface area contributed by atoms with Gasteiger partial charge in [0.25, 0.3) is 0 Å². The molecule has 1 aromatic rings. The molecule has 0 aromatic heterocycles. The van der Waals surface area contributed by atoms with Gasteiger partial charge in [0.05, 0.1) is 5.69 Å². The molecule has 5 nitrogen and oxygen atoms in total. The molecule has 3 N–H and O–H groups in total. The highest BCUT2D eigenvalue weighted by atomic mass is 32.2. The molecular formula is C10H14FN3O2S. The Bertz CT molecular complexity index is 506. The van der Waals surface area contributed by atoms with Gasteiger partial charge in [-0.2, -0.15) is 13.1 Å². The van der Waals surface area contributed by atoms with E-state index in [-0.39, 0.29) is 18.2 Å². The molecular weight excluding hydrogens is 245 g/mol. The molecule has 1 atom stereocenters. The molecule has 0 radical (unpaired) electrons. The number of halogens is 1. The number of rotatable bonds is 2. The zero-order valence-electron chi connectivity index (χ0n) is 9.14. The van der Waals surface area contributed by atoms with Crippen LogP contribution in [0.4, 0.5) is 10.1 Å². The van der Waals surface area contributed by atoms with Gasteiger partial charge < -0.3 is 5.73 Å². The SMILES string of the molecule is NCC1CNS(=O)(=O)N(c2ccccc2F)C1. The van der Waals surface area contributed by atoms with E-state index in [1.807, 2.05) is 0 Å². The second-order valence-corrected chi connectivity index (χ2v) is 5.62. The van der Waals surface area contributed by atoms with Gasteiger partial charge in [-0.25, -0.2) is 4.39 Å². The van der Waals surface area contributed by atoms with E-state index in [0.717, 1.165) is 4.31 Å². The van der Waals surface area contributed by atoms with E-state index in [2.05, 4.69) is 4.72 Å². The summed E-state index contributed by atoms with van der Waals surface area (Å²) in [7, 11) is -3.65. The Morgan fingerprint density at radius 1 is 1.47 bits per heavy atom. The molecule has 2 rings (SSSR count). The fraction of sp³-hybridized carbons (Fsp3) is 0.400. The summed E-state index contributed by atoms with van der Waals surface area (Å²) in [5.41, 5.74) is 5.57. The molecule has 0 amide bonds. The van der Waals surface area contributed by atoms with Crippen molar-refractivity contribution in [2.45, 2.75) is 0 Å². The van der Waals surface area contributed by atoms with Crippen molar-refractivity contribution in [1.82, 2.24) is 4.72 Å². The Morgan fingerprint density at radius 2 is 2.18 bits per heavy atom. The van der Waals surface area contributed by atoms with E-state index >= 15 is 0 Å². The van der Waals surface area contributed by atoms with Gasteiger partial charge in [-0.15, -0.1) is 0 Å². The first-order valence-electron chi connectivity index (χ1n) is 5.26. The van der Waals surface area contributed by atoms with Gasteiger partial charge in [0.15, 0.2) is 0 Å². The van der Waals surface area contributed by atoms with Crippen LogP contribution in [0.2, 0.25) is 0 Å². The average molecular weight is 259 g/mol. The Hall–Kier alpha value is -1.18. The topological polar surface area (TPSA) is 75.4 Å². The number of nitrogens with two attached hydrogens (primary N) is 1. The van der Waals surface area contributed by atoms with Crippen LogP contribution in [0.3, 0.4) is 0 Å². The summed E-state index contributed by atoms with van der Waals surface area (Å²) in [4.78, 5) is 0. The van der Waals surface area contributed by atoms with Crippen molar-refractivity contribution in [1.29, 1.82) is 0 Å². The lowest BCUT2D eigenvalue weighted by atomic mass is 10.1. The monoisotopic (exact) mass is 259 g/mol. The van der Waals surface area contributed by atoms with E-state index < -0.39 is 16.0 Å². The van der Waals surface area contributed by atoms with Crippen molar-refractivity contribution in [3.05, 3.63) is 30.1 Å². The molecule has 1 aromatic carbocycles. The number of para-hydroxylation sites is 1. The molecule has 0 bridgehead atoms. The second kappa shape index (κ2) is 4.59. The van der Waals surface area contributed by atoms with E-state index in [4.69, 9.17) is 5.73 Å². The number of hydrogen-bond acceptors (Lipinski definition) is 3. The first kappa shape index (κ1) is 12.3. The highest BCUT2D eigenvalue weighted by Gasteiger charge is 2.32. The third-order valence-electron chi connectivity index (χ3n) is 2.72. The van der Waals surface area contributed by atoms with Gasteiger partial charge in [0, 0.05) is 19.0 Å². The quantitative estimate of drug-likeness (QED) is 0.788. The van der Waals surface area contributed by atoms with Gasteiger partial charge in [0.2, 0.25) is 0 Å². The number of nitrogens with zero attached hydrogens (tertiary/aromatic N) is 1. The first-order valence-corrected chi connectivity index (χ1v) is 6.70. The fourth-order valence-corrected chi connectivity index (χ4v) is 3.15. The van der Waals surface area contributed by atoms with Gasteiger partial charge in [0.1, 0.15) is 5.82 Å². The summed E-state index contributed by atoms with van der Waals surface area (Å²) in [5.74, 6) is -0.575. The van der Waals surface area contributed by atoms with Crippen LogP contribution < -0.4 is 14.8 Å². The van der Waals surface area contributed by atoms with Gasteiger partial charge in [-0.1, -0.05) is 12.1 Å². The van der Waals surface area contributed by atoms with Gasteiger partial charge in [-0.05, 0) is 18.7 Å². The standard InChI is InChI=1S/C10H14FN3O2S/c11-9-3-1-2-4-10(9)14-7-8(5-12)6-13-17(14,15)16/h1-4,8,13H,5-7,12H2. The summed E-state index contributed by atoms with van der Waals surface area (Å²) in [6.07, 6.45) is 0. The van der Waals surface area contributed by atoms with Crippen molar-refractivity contribution in [2.75, 3.05) is 23.9 Å². The Kier molecular flexibility index (Phi) is 3.32. The lowest BCUT2D eigenvalue weighted by Crippen LogP contribution is -2.53. The molecule has 0 saturated carbocycles. The van der Waals surface area contributed by atoms with Crippen LogP contribution in [0.1, 0.15) is 0 Å². The van der Waals surface area contributed by atoms with Crippen molar-refractivity contribution in [3.63, 3.8) is 0 Å². The molecule has 0 spiro atoms. The minimum Gasteiger partial charge on any atom is -0.330 e. The van der Waals surface area contributed by atoms with Crippen LogP contribution >= 0.6 is 0 Å². The minimum atomic E-state index is -3.65. The second-order valence-electron chi connectivity index (χ2n) is 3.94. The highest BCUT2D eigenvalue weighted by Crippen LogP contribution is 2.24. The maximum Gasteiger partial charge on any atom is 0.301 e. The summed E-state index contributed by atoms with van der Waals surface area (Å²) < 4.78 is 40.6. The van der Waals surface area contributed by atoms with Crippen LogP contribution in [0.5, 0.6) is 0 Å². The van der Waals surface area contributed by atoms with Crippen molar-refractivity contribution in [2.24, 2.45) is 11.7 Å². The largest absolute Gasteiger partial charge is 0.330 e. The van der Waals surface area contributed by atoms with Gasteiger partial charge in [-0.3, -0.25) is 4.31 Å². The van der Waals surface area contributed by atoms with Crippen LogP contribution in [-0.2, 0) is 10.2 Å². The zero-order chi connectivity index (χ0) is 12.5. The number of hydrogen-bond donors (Lipinski definition) is 2. The predicted octanol–water partition coefficient (Wildman–Crippen LogP) is 0.0550. The fourth-order valence-electron chi connectivity index (χ4n) is 1.74. The number of benzene rings is 1. The normalized spacial score (nSPS) is 23.6. The lowest BCUT2D eigenvalue weighted by molar-refractivity contribution is 0.483. The van der Waals surface area contributed by atoms with Gasteiger partial charge >= 0.3 is 10.2 Å². The Balaban J connectivity index is 2.37. The number of anilines is 1. The molecule has 1 unspecified atom stereocenters. The molecule has 1 saturated heterocycles. The van der Waals surface area contributed by atoms with E-state index in [1.54, 1.807) is 6.07 Å². The number of nitrogens with one attached hydrogen (secondary N) is 1. The van der Waals surface area contributed by atoms with Crippen LogP contribution in [0.25, 0.3) is 0 Å².